The van der Waals surface area contributed by atoms with E-state index in [4.69, 9.17) is 21.4 Å². The van der Waals surface area contributed by atoms with Crippen LogP contribution in [0.1, 0.15) is 12.8 Å². The van der Waals surface area contributed by atoms with Gasteiger partial charge in [-0.1, -0.05) is 11.6 Å². The highest BCUT2D eigenvalue weighted by Gasteiger charge is 2.17. The number of aliphatic carboxylic acids is 1. The van der Waals surface area contributed by atoms with E-state index in [9.17, 15) is 9.18 Å². The number of carboxylic acid groups (broad SMARTS) is 1. The van der Waals surface area contributed by atoms with Crippen molar-refractivity contribution in [1.29, 1.82) is 0 Å². The van der Waals surface area contributed by atoms with E-state index in [-0.39, 0.29) is 12.0 Å². The Morgan fingerprint density at radius 1 is 1.05 bits per heavy atom. The Hall–Kier alpha value is -3.86. The van der Waals surface area contributed by atoms with Crippen LogP contribution in [0.3, 0.4) is 0 Å². The molecule has 2 aromatic heterocycles. The lowest BCUT2D eigenvalue weighted by Crippen LogP contribution is -2.47. The second-order valence-corrected chi connectivity index (χ2v) is 10.1. The number of anilines is 2. The van der Waals surface area contributed by atoms with Crippen molar-refractivity contribution in [1.82, 2.24) is 25.0 Å². The van der Waals surface area contributed by atoms with E-state index in [0.29, 0.717) is 29.6 Å². The molecule has 2 N–H and O–H groups in total. The van der Waals surface area contributed by atoms with E-state index in [0.717, 1.165) is 61.5 Å². The van der Waals surface area contributed by atoms with Crippen molar-refractivity contribution >= 4 is 39.8 Å². The molecule has 0 radical (unpaired) electrons. The third-order valence-corrected chi connectivity index (χ3v) is 7.08. The van der Waals surface area contributed by atoms with Crippen LogP contribution in [0.15, 0.2) is 60.9 Å². The second kappa shape index (κ2) is 13.0. The summed E-state index contributed by atoms with van der Waals surface area (Å²) in [6.45, 7) is 5.82. The maximum absolute atomic E-state index is 14.3. The van der Waals surface area contributed by atoms with E-state index in [1.807, 2.05) is 24.3 Å². The number of benzene rings is 2. The quantitative estimate of drug-likeness (QED) is 0.241. The number of aromatic nitrogens is 3. The minimum atomic E-state index is -0.747. The zero-order valence-electron chi connectivity index (χ0n) is 21.9. The van der Waals surface area contributed by atoms with Crippen molar-refractivity contribution in [3.05, 3.63) is 71.8 Å². The van der Waals surface area contributed by atoms with Crippen LogP contribution in [0, 0.1) is 5.82 Å². The van der Waals surface area contributed by atoms with Crippen LogP contribution in [0.4, 0.5) is 15.8 Å². The van der Waals surface area contributed by atoms with Gasteiger partial charge < -0.3 is 25.0 Å². The number of nitrogens with one attached hydrogen (secondary N) is 1. The molecule has 0 unspecified atom stereocenters. The normalized spacial score (nSPS) is 14.3. The van der Waals surface area contributed by atoms with Crippen LogP contribution in [0.25, 0.3) is 22.2 Å². The van der Waals surface area contributed by atoms with Crippen molar-refractivity contribution in [2.24, 2.45) is 0 Å². The van der Waals surface area contributed by atoms with Crippen LogP contribution >= 0.6 is 11.6 Å². The molecule has 1 aliphatic rings. The van der Waals surface area contributed by atoms with Gasteiger partial charge in [0, 0.05) is 73.2 Å². The van der Waals surface area contributed by atoms with Crippen molar-refractivity contribution in [3.8, 4) is 17.0 Å². The summed E-state index contributed by atoms with van der Waals surface area (Å²) in [5.74, 6) is -0.420. The molecule has 0 aliphatic carbocycles. The number of carbonyl (C=O) groups is 1. The summed E-state index contributed by atoms with van der Waals surface area (Å²) in [7, 11) is 0. The highest BCUT2D eigenvalue weighted by molar-refractivity contribution is 6.30. The van der Waals surface area contributed by atoms with E-state index in [1.165, 1.54) is 18.2 Å². The van der Waals surface area contributed by atoms with Crippen LogP contribution in [-0.2, 0) is 4.79 Å². The average Bonchev–Trinajstić information content (AvgIpc) is 2.96. The van der Waals surface area contributed by atoms with Crippen LogP contribution in [-0.4, -0.2) is 81.9 Å². The zero-order valence-corrected chi connectivity index (χ0v) is 22.6. The smallest absolute Gasteiger partial charge is 0.304 e. The number of piperazine rings is 1. The van der Waals surface area contributed by atoms with Crippen LogP contribution in [0.5, 0.6) is 5.75 Å². The predicted octanol–water partition coefficient (Wildman–Crippen LogP) is 5.09. The number of carboxylic acids is 1. The van der Waals surface area contributed by atoms with Gasteiger partial charge in [-0.25, -0.2) is 4.39 Å². The molecule has 1 fully saturated rings. The fraction of sp³-hybridized carbons (Fsp3) is 0.310. The van der Waals surface area contributed by atoms with Crippen molar-refractivity contribution in [3.63, 3.8) is 0 Å². The molecule has 1 aliphatic heterocycles. The lowest BCUT2D eigenvalue weighted by atomic mass is 10.1. The van der Waals surface area contributed by atoms with Crippen LogP contribution < -0.4 is 10.1 Å². The topological polar surface area (TPSA) is 104 Å². The minimum absolute atomic E-state index is 0.194. The zero-order chi connectivity index (χ0) is 27.9. The number of nitrogens with zero attached hydrogens (tertiary/aromatic N) is 5. The highest BCUT2D eigenvalue weighted by Crippen LogP contribution is 2.30. The highest BCUT2D eigenvalue weighted by atomic mass is 35.5. The Labute approximate surface area is 236 Å². The first-order chi connectivity index (χ1) is 19.4. The standard InChI is InChI=1S/C29H30ClFN6O3/c30-20-2-5-25(31)24(16-20)28-17-21(19-33-35-28)34-26-6-8-32-27-18-22(3-4-23(26)27)40-15-1-9-36-11-13-37(14-12-36)10-7-29(38)39/h2-6,8,16-19H,1,7,9-15H2,(H,38,39)(H,32,34,35). The predicted molar refractivity (Wildman–Crippen MR) is 153 cm³/mol. The van der Waals surface area contributed by atoms with Gasteiger partial charge in [0.25, 0.3) is 0 Å². The molecule has 0 atom stereocenters. The molecule has 0 spiro atoms. The molecule has 0 saturated carbocycles. The van der Waals surface area contributed by atoms with Gasteiger partial charge in [-0.15, -0.1) is 0 Å². The summed E-state index contributed by atoms with van der Waals surface area (Å²) in [5, 5.41) is 21.6. The molecule has 1 saturated heterocycles. The molecular formula is C29H30ClFN6O3. The minimum Gasteiger partial charge on any atom is -0.493 e. The third kappa shape index (κ3) is 7.20. The molecule has 3 heterocycles. The Kier molecular flexibility index (Phi) is 9.00. The van der Waals surface area contributed by atoms with Crippen LogP contribution in [0.2, 0.25) is 5.02 Å². The van der Waals surface area contributed by atoms with Crippen molar-refractivity contribution in [2.75, 3.05) is 51.2 Å². The van der Waals surface area contributed by atoms with E-state index in [2.05, 4.69) is 30.3 Å². The summed E-state index contributed by atoms with van der Waals surface area (Å²) in [6.07, 6.45) is 4.38. The Bertz CT molecular complexity index is 1480. The van der Waals surface area contributed by atoms with Gasteiger partial charge in [0.2, 0.25) is 0 Å². The number of hydrogen-bond donors (Lipinski definition) is 2. The first-order valence-electron chi connectivity index (χ1n) is 13.2. The van der Waals surface area contributed by atoms with E-state index >= 15 is 0 Å². The fourth-order valence-corrected chi connectivity index (χ4v) is 4.88. The molecule has 40 heavy (non-hydrogen) atoms. The van der Waals surface area contributed by atoms with Gasteiger partial charge in [0.15, 0.2) is 0 Å². The molecule has 0 amide bonds. The van der Waals surface area contributed by atoms with Gasteiger partial charge in [-0.2, -0.15) is 10.2 Å². The number of ether oxygens (including phenoxy) is 1. The van der Waals surface area contributed by atoms with Crippen molar-refractivity contribution < 1.29 is 19.0 Å². The monoisotopic (exact) mass is 564 g/mol. The molecule has 4 aromatic rings. The SMILES string of the molecule is O=C(O)CCN1CCN(CCCOc2ccc3c(Nc4cnnc(-c5cc(Cl)ccc5F)c4)ccnc3c2)CC1. The number of halogens is 2. The molecular weight excluding hydrogens is 535 g/mol. The number of fused-ring (bicyclic) bond motifs is 1. The summed E-state index contributed by atoms with van der Waals surface area (Å²) >= 11 is 6.05. The first-order valence-corrected chi connectivity index (χ1v) is 13.6. The second-order valence-electron chi connectivity index (χ2n) is 9.65. The maximum atomic E-state index is 14.3. The van der Waals surface area contributed by atoms with Gasteiger partial charge in [-0.3, -0.25) is 9.78 Å². The fourth-order valence-electron chi connectivity index (χ4n) is 4.71. The van der Waals surface area contributed by atoms with E-state index < -0.39 is 11.8 Å². The molecule has 208 valence electrons. The first kappa shape index (κ1) is 27.7. The Balaban J connectivity index is 1.16. The molecule has 5 rings (SSSR count). The lowest BCUT2D eigenvalue weighted by molar-refractivity contribution is -0.137. The molecule has 2 aromatic carbocycles. The third-order valence-electron chi connectivity index (χ3n) is 6.85. The van der Waals surface area contributed by atoms with Gasteiger partial charge >= 0.3 is 5.97 Å². The number of hydrogen-bond acceptors (Lipinski definition) is 8. The van der Waals surface area contributed by atoms with E-state index in [1.54, 1.807) is 18.5 Å². The molecule has 11 heteroatoms. The van der Waals surface area contributed by atoms with Crippen molar-refractivity contribution in [2.45, 2.75) is 12.8 Å². The number of pyridine rings is 1. The summed E-state index contributed by atoms with van der Waals surface area (Å²) in [5.41, 5.74) is 2.91. The van der Waals surface area contributed by atoms with Gasteiger partial charge in [-0.05, 0) is 48.9 Å². The Morgan fingerprint density at radius 3 is 2.65 bits per heavy atom. The lowest BCUT2D eigenvalue weighted by Gasteiger charge is -2.34. The summed E-state index contributed by atoms with van der Waals surface area (Å²) in [4.78, 5) is 19.9. The molecule has 9 nitrogen and oxygen atoms in total. The average molecular weight is 565 g/mol. The summed E-state index contributed by atoms with van der Waals surface area (Å²) in [6, 6.07) is 13.7. The number of rotatable bonds is 11. The largest absolute Gasteiger partial charge is 0.493 e. The Morgan fingerprint density at radius 2 is 1.85 bits per heavy atom. The van der Waals surface area contributed by atoms with Gasteiger partial charge in [0.1, 0.15) is 11.6 Å². The maximum Gasteiger partial charge on any atom is 0.304 e. The molecule has 0 bridgehead atoms. The summed E-state index contributed by atoms with van der Waals surface area (Å²) < 4.78 is 20.3. The van der Waals surface area contributed by atoms with Gasteiger partial charge in [0.05, 0.1) is 36.1 Å².